The fourth-order valence-electron chi connectivity index (χ4n) is 3.87. The number of carbonyl (C=O) groups excluding carboxylic acids is 1. The second-order valence-electron chi connectivity index (χ2n) is 7.94. The predicted molar refractivity (Wildman–Crippen MR) is 111 cm³/mol. The maximum atomic E-state index is 13.9. The number of halogens is 1. The maximum absolute atomic E-state index is 13.9. The van der Waals surface area contributed by atoms with Crippen molar-refractivity contribution in [3.63, 3.8) is 0 Å². The topological polar surface area (TPSA) is 68.6 Å². The number of phenolic OH excluding ortho intramolecular Hbond substituents is 1. The first-order valence-electron chi connectivity index (χ1n) is 9.84. The van der Waals surface area contributed by atoms with Crippen LogP contribution in [0.2, 0.25) is 0 Å². The number of carbonyl (C=O) groups is 1. The van der Waals surface area contributed by atoms with Crippen LogP contribution in [-0.2, 0) is 0 Å². The molecule has 8 heteroatoms. The van der Waals surface area contributed by atoms with E-state index < -0.39 is 6.04 Å². The third-order valence-corrected chi connectivity index (χ3v) is 5.46. The number of fused-ring (bicyclic) bond motifs is 3. The molecule has 2 heterocycles. The Morgan fingerprint density at radius 2 is 2.03 bits per heavy atom. The molecule has 158 valence electrons. The molecule has 0 radical (unpaired) electrons. The van der Waals surface area contributed by atoms with Gasteiger partial charge in [-0.3, -0.25) is 0 Å². The van der Waals surface area contributed by atoms with E-state index in [4.69, 9.17) is 4.74 Å². The van der Waals surface area contributed by atoms with E-state index in [-0.39, 0.29) is 23.5 Å². The lowest BCUT2D eigenvalue weighted by atomic mass is 9.86. The monoisotopic (exact) mass is 412 g/mol. The Labute approximate surface area is 175 Å². The summed E-state index contributed by atoms with van der Waals surface area (Å²) >= 11 is 0. The number of phenols is 1. The molecule has 2 aliphatic rings. The molecular formula is C22H25FN4O3. The molecule has 0 saturated carbocycles. The van der Waals surface area contributed by atoms with Crippen molar-refractivity contribution < 1.29 is 19.0 Å². The Morgan fingerprint density at radius 3 is 2.77 bits per heavy atom. The molecule has 2 amide bonds. The first kappa shape index (κ1) is 20.2. The van der Waals surface area contributed by atoms with Gasteiger partial charge in [-0.1, -0.05) is 12.1 Å². The molecule has 7 nitrogen and oxygen atoms in total. The highest BCUT2D eigenvalue weighted by molar-refractivity contribution is 6.07. The summed E-state index contributed by atoms with van der Waals surface area (Å²) in [6, 6.07) is 10.4. The van der Waals surface area contributed by atoms with Crippen molar-refractivity contribution in [1.29, 1.82) is 0 Å². The van der Waals surface area contributed by atoms with E-state index in [1.165, 1.54) is 17.1 Å². The molecule has 2 atom stereocenters. The number of aromatic hydroxyl groups is 1. The maximum Gasteiger partial charge on any atom is 0.340 e. The highest BCUT2D eigenvalue weighted by atomic mass is 19.1. The third-order valence-electron chi connectivity index (χ3n) is 5.46. The number of ether oxygens (including phenoxy) is 1. The van der Waals surface area contributed by atoms with Gasteiger partial charge in [0.05, 0.1) is 24.3 Å². The number of urea groups is 1. The van der Waals surface area contributed by atoms with Crippen molar-refractivity contribution in [3.8, 4) is 11.5 Å². The Bertz CT molecular complexity index is 994. The fraction of sp³-hybridized carbons (Fsp3) is 0.364. The average Bonchev–Trinajstić information content (AvgIpc) is 3.11. The number of hydrogen-bond donors (Lipinski definition) is 1. The Kier molecular flexibility index (Phi) is 5.34. The van der Waals surface area contributed by atoms with Gasteiger partial charge in [-0.25, -0.2) is 14.2 Å². The number of benzene rings is 2. The molecule has 2 aromatic rings. The summed E-state index contributed by atoms with van der Waals surface area (Å²) in [5.41, 5.74) is 1.93. The normalized spacial score (nSPS) is 19.8. The van der Waals surface area contributed by atoms with Gasteiger partial charge in [-0.2, -0.15) is 5.10 Å². The van der Waals surface area contributed by atoms with Gasteiger partial charge in [0.2, 0.25) is 0 Å². The van der Waals surface area contributed by atoms with Gasteiger partial charge in [0.25, 0.3) is 0 Å². The van der Waals surface area contributed by atoms with Crippen LogP contribution in [0.25, 0.3) is 0 Å². The molecule has 0 spiro atoms. The number of rotatable bonds is 4. The molecular weight excluding hydrogens is 387 g/mol. The summed E-state index contributed by atoms with van der Waals surface area (Å²) < 4.78 is 19.8. The highest BCUT2D eigenvalue weighted by Gasteiger charge is 2.46. The molecule has 0 bridgehead atoms. The highest BCUT2D eigenvalue weighted by Crippen LogP contribution is 2.43. The quantitative estimate of drug-likeness (QED) is 0.839. The second kappa shape index (κ2) is 7.95. The Balaban J connectivity index is 1.74. The summed E-state index contributed by atoms with van der Waals surface area (Å²) in [6.07, 6.45) is 0. The minimum atomic E-state index is -0.460. The molecule has 0 unspecified atom stereocenters. The standard InChI is InChI=1S/C22H25FN4O3/c1-25(2)9-10-26(3)22(29)27-21(14-5-4-6-16(28)11-14)18-13-30-19-8-7-15(23)12-17(19)20(18)24-27/h4-8,11-12,18,21,28H,9-10,13H2,1-3H3/t18-,21+/m0/s1. The van der Waals surface area contributed by atoms with Crippen molar-refractivity contribution in [1.82, 2.24) is 14.8 Å². The third kappa shape index (κ3) is 3.70. The Hall–Kier alpha value is -3.13. The van der Waals surface area contributed by atoms with E-state index in [2.05, 4.69) is 5.10 Å². The minimum absolute atomic E-state index is 0.109. The van der Waals surface area contributed by atoms with Crippen LogP contribution in [0.15, 0.2) is 47.6 Å². The molecule has 0 aliphatic carbocycles. The van der Waals surface area contributed by atoms with Crippen molar-refractivity contribution in [2.24, 2.45) is 11.0 Å². The zero-order valence-electron chi connectivity index (χ0n) is 17.2. The van der Waals surface area contributed by atoms with Gasteiger partial charge in [0.1, 0.15) is 17.3 Å². The fourth-order valence-corrected chi connectivity index (χ4v) is 3.87. The van der Waals surface area contributed by atoms with Crippen LogP contribution in [0.3, 0.4) is 0 Å². The molecule has 0 fully saturated rings. The number of nitrogens with zero attached hydrogens (tertiary/aromatic N) is 4. The van der Waals surface area contributed by atoms with Crippen LogP contribution in [0.1, 0.15) is 17.2 Å². The number of amides is 2. The van der Waals surface area contributed by atoms with E-state index in [1.54, 1.807) is 36.2 Å². The van der Waals surface area contributed by atoms with Crippen molar-refractivity contribution in [3.05, 3.63) is 59.4 Å². The first-order valence-corrected chi connectivity index (χ1v) is 9.84. The first-order chi connectivity index (χ1) is 14.3. The Morgan fingerprint density at radius 1 is 1.23 bits per heavy atom. The molecule has 4 rings (SSSR count). The molecule has 0 aromatic heterocycles. The lowest BCUT2D eigenvalue weighted by Gasteiger charge is -2.31. The summed E-state index contributed by atoms with van der Waals surface area (Å²) in [7, 11) is 5.63. The number of likely N-dealkylation sites (N-methyl/N-ethyl adjacent to an activating group) is 2. The van der Waals surface area contributed by atoms with Gasteiger partial charge in [0, 0.05) is 25.7 Å². The van der Waals surface area contributed by atoms with Crippen LogP contribution in [0.4, 0.5) is 9.18 Å². The summed E-state index contributed by atoms with van der Waals surface area (Å²) in [4.78, 5) is 16.9. The number of hydrogen-bond acceptors (Lipinski definition) is 5. The van der Waals surface area contributed by atoms with Crippen LogP contribution < -0.4 is 4.74 Å². The van der Waals surface area contributed by atoms with E-state index in [9.17, 15) is 14.3 Å². The lowest BCUT2D eigenvalue weighted by molar-refractivity contribution is 0.131. The van der Waals surface area contributed by atoms with Crippen molar-refractivity contribution >= 4 is 11.7 Å². The van der Waals surface area contributed by atoms with Gasteiger partial charge in [-0.05, 0) is 50.0 Å². The molecule has 1 N–H and O–H groups in total. The van der Waals surface area contributed by atoms with Crippen molar-refractivity contribution in [2.45, 2.75) is 6.04 Å². The zero-order chi connectivity index (χ0) is 21.4. The van der Waals surface area contributed by atoms with E-state index >= 15 is 0 Å². The smallest absolute Gasteiger partial charge is 0.340 e. The summed E-state index contributed by atoms with van der Waals surface area (Å²) in [6.45, 7) is 1.55. The lowest BCUT2D eigenvalue weighted by Crippen LogP contribution is -2.43. The molecule has 0 saturated heterocycles. The summed E-state index contributed by atoms with van der Waals surface area (Å²) in [5.74, 6) is 0.00332. The number of hydrazone groups is 1. The van der Waals surface area contributed by atoms with Crippen LogP contribution in [0, 0.1) is 11.7 Å². The molecule has 2 aromatic carbocycles. The van der Waals surface area contributed by atoms with Crippen LogP contribution in [-0.4, -0.2) is 72.5 Å². The minimum Gasteiger partial charge on any atom is -0.508 e. The molecule has 2 aliphatic heterocycles. The van der Waals surface area contributed by atoms with E-state index in [0.717, 1.165) is 5.56 Å². The van der Waals surface area contributed by atoms with Crippen molar-refractivity contribution in [2.75, 3.05) is 40.8 Å². The van der Waals surface area contributed by atoms with E-state index in [1.807, 2.05) is 25.1 Å². The van der Waals surface area contributed by atoms with Crippen LogP contribution in [0.5, 0.6) is 11.5 Å². The predicted octanol–water partition coefficient (Wildman–Crippen LogP) is 2.91. The van der Waals surface area contributed by atoms with Gasteiger partial charge in [0.15, 0.2) is 0 Å². The molecule has 30 heavy (non-hydrogen) atoms. The van der Waals surface area contributed by atoms with Crippen LogP contribution >= 0.6 is 0 Å². The second-order valence-corrected chi connectivity index (χ2v) is 7.94. The van der Waals surface area contributed by atoms with E-state index in [0.29, 0.717) is 36.7 Å². The average molecular weight is 412 g/mol. The zero-order valence-corrected chi connectivity index (χ0v) is 17.2. The summed E-state index contributed by atoms with van der Waals surface area (Å²) in [5, 5.41) is 16.1. The SMILES string of the molecule is CN(C)CCN(C)C(=O)N1N=C2c3cc(F)ccc3OC[C@@H]2[C@H]1c1cccc(O)c1. The largest absolute Gasteiger partial charge is 0.508 e. The van der Waals surface area contributed by atoms with Gasteiger partial charge < -0.3 is 19.6 Å². The van der Waals surface area contributed by atoms with Gasteiger partial charge >= 0.3 is 6.03 Å². The van der Waals surface area contributed by atoms with Gasteiger partial charge in [-0.15, -0.1) is 0 Å².